The van der Waals surface area contributed by atoms with Crippen LogP contribution in [0.1, 0.15) is 10.4 Å². The van der Waals surface area contributed by atoms with Crippen LogP contribution in [0.2, 0.25) is 0 Å². The van der Waals surface area contributed by atoms with Crippen LogP contribution in [0.3, 0.4) is 0 Å². The summed E-state index contributed by atoms with van der Waals surface area (Å²) in [7, 11) is 1.13. The normalized spacial score (nSPS) is 10.3. The molecule has 7 nitrogen and oxygen atoms in total. The Kier molecular flexibility index (Phi) is 4.14. The minimum absolute atomic E-state index is 0.305. The van der Waals surface area contributed by atoms with Gasteiger partial charge in [-0.05, 0) is 18.2 Å². The second kappa shape index (κ2) is 5.58. The zero-order chi connectivity index (χ0) is 13.7. The number of benzene rings is 1. The first-order valence-corrected chi connectivity index (χ1v) is 4.74. The molecule has 0 atom stereocenters. The van der Waals surface area contributed by atoms with Gasteiger partial charge in [-0.25, -0.2) is 4.79 Å². The third kappa shape index (κ3) is 2.91. The number of phenolic OH excluding ortho intramolecular Hbond substituents is 1. The largest absolute Gasteiger partial charge is 0.502 e. The second-order valence-electron chi connectivity index (χ2n) is 3.15. The van der Waals surface area contributed by atoms with Crippen molar-refractivity contribution in [3.05, 3.63) is 46.0 Å². The van der Waals surface area contributed by atoms with Crippen LogP contribution in [0.15, 0.2) is 30.4 Å². The minimum Gasteiger partial charge on any atom is -0.502 e. The van der Waals surface area contributed by atoms with Crippen molar-refractivity contribution in [1.82, 2.24) is 0 Å². The number of esters is 1. The summed E-state index contributed by atoms with van der Waals surface area (Å²) in [6, 6.07) is 3.57. The van der Waals surface area contributed by atoms with Crippen LogP contribution in [0, 0.1) is 10.1 Å². The van der Waals surface area contributed by atoms with E-state index >= 15 is 0 Å². The minimum atomic E-state index is -0.867. The molecule has 18 heavy (non-hydrogen) atoms. The Hall–Kier alpha value is -2.70. The quantitative estimate of drug-likeness (QED) is 0.283. The highest BCUT2D eigenvalue weighted by Crippen LogP contribution is 2.29. The Labute approximate surface area is 101 Å². The summed E-state index contributed by atoms with van der Waals surface area (Å²) in [6.45, 7) is 0. The Morgan fingerprint density at radius 1 is 1.39 bits per heavy atom. The monoisotopic (exact) mass is 251 g/mol. The maximum Gasteiger partial charge on any atom is 0.330 e. The summed E-state index contributed by atoms with van der Waals surface area (Å²) >= 11 is 0. The highest BCUT2D eigenvalue weighted by molar-refractivity contribution is 6.10. The fraction of sp³-hybridized carbons (Fsp3) is 0.0909. The van der Waals surface area contributed by atoms with E-state index in [4.69, 9.17) is 0 Å². The van der Waals surface area contributed by atoms with Crippen LogP contribution in [0.4, 0.5) is 5.69 Å². The average molecular weight is 251 g/mol. The number of para-hydroxylation sites is 1. The molecular formula is C11H9NO6. The molecule has 1 aromatic rings. The number of rotatable bonds is 4. The van der Waals surface area contributed by atoms with Gasteiger partial charge in [-0.15, -0.1) is 0 Å². The first-order chi connectivity index (χ1) is 8.47. The van der Waals surface area contributed by atoms with Crippen molar-refractivity contribution < 1.29 is 24.4 Å². The number of nitrogens with zero attached hydrogens (tertiary/aromatic N) is 1. The van der Waals surface area contributed by atoms with E-state index in [1.165, 1.54) is 12.1 Å². The van der Waals surface area contributed by atoms with Gasteiger partial charge < -0.3 is 9.84 Å². The molecule has 0 heterocycles. The Morgan fingerprint density at radius 2 is 2.06 bits per heavy atom. The molecular weight excluding hydrogens is 242 g/mol. The number of hydrogen-bond donors (Lipinski definition) is 1. The number of ether oxygens (including phenoxy) is 1. The predicted molar refractivity (Wildman–Crippen MR) is 60.2 cm³/mol. The van der Waals surface area contributed by atoms with Crippen molar-refractivity contribution >= 4 is 17.4 Å². The lowest BCUT2D eigenvalue weighted by Gasteiger charge is -2.00. The number of allylic oxidation sites excluding steroid dienone is 1. The SMILES string of the molecule is COC(=O)C=CC(=O)c1cccc(O)c1[N+](=O)[O-]. The summed E-state index contributed by atoms with van der Waals surface area (Å²) in [4.78, 5) is 32.3. The van der Waals surface area contributed by atoms with Crippen molar-refractivity contribution in [2.75, 3.05) is 7.11 Å². The van der Waals surface area contributed by atoms with Crippen molar-refractivity contribution in [1.29, 1.82) is 0 Å². The van der Waals surface area contributed by atoms with E-state index in [1.807, 2.05) is 0 Å². The molecule has 0 saturated heterocycles. The van der Waals surface area contributed by atoms with E-state index in [9.17, 15) is 24.8 Å². The Bertz CT molecular complexity index is 534. The number of carbonyl (C=O) groups excluding carboxylic acids is 2. The summed E-state index contributed by atoms with van der Waals surface area (Å²) in [5.74, 6) is -2.15. The van der Waals surface area contributed by atoms with E-state index in [2.05, 4.69) is 4.74 Å². The van der Waals surface area contributed by atoms with Crippen molar-refractivity contribution in [2.45, 2.75) is 0 Å². The summed E-state index contributed by atoms with van der Waals surface area (Å²) in [6.07, 6.45) is 1.68. The molecule has 1 N–H and O–H groups in total. The number of phenols is 1. The van der Waals surface area contributed by atoms with E-state index in [0.29, 0.717) is 0 Å². The maximum absolute atomic E-state index is 11.6. The van der Waals surface area contributed by atoms with Gasteiger partial charge in [-0.2, -0.15) is 0 Å². The fourth-order valence-electron chi connectivity index (χ4n) is 1.22. The van der Waals surface area contributed by atoms with E-state index in [-0.39, 0.29) is 5.56 Å². The molecule has 0 fully saturated rings. The third-order valence-corrected chi connectivity index (χ3v) is 2.03. The van der Waals surface area contributed by atoms with Gasteiger partial charge >= 0.3 is 11.7 Å². The molecule has 1 aromatic carbocycles. The molecule has 0 radical (unpaired) electrons. The number of nitro benzene ring substituents is 1. The number of aromatic hydroxyl groups is 1. The smallest absolute Gasteiger partial charge is 0.330 e. The molecule has 0 amide bonds. The van der Waals surface area contributed by atoms with E-state index in [1.54, 1.807) is 0 Å². The van der Waals surface area contributed by atoms with Gasteiger partial charge in [-0.1, -0.05) is 6.07 Å². The van der Waals surface area contributed by atoms with Crippen molar-refractivity contribution in [3.63, 3.8) is 0 Å². The topological polar surface area (TPSA) is 107 Å². The lowest BCUT2D eigenvalue weighted by Crippen LogP contribution is -2.03. The molecule has 0 spiro atoms. The van der Waals surface area contributed by atoms with Crippen LogP contribution in [-0.4, -0.2) is 28.9 Å². The predicted octanol–water partition coefficient (Wildman–Crippen LogP) is 1.21. The number of nitro groups is 1. The van der Waals surface area contributed by atoms with E-state index < -0.39 is 28.1 Å². The fourth-order valence-corrected chi connectivity index (χ4v) is 1.22. The third-order valence-electron chi connectivity index (χ3n) is 2.03. The Balaban J connectivity index is 3.14. The molecule has 7 heteroatoms. The van der Waals surface area contributed by atoms with Crippen LogP contribution in [0.25, 0.3) is 0 Å². The summed E-state index contributed by atoms with van der Waals surface area (Å²) in [5, 5.41) is 20.0. The number of carbonyl (C=O) groups is 2. The maximum atomic E-state index is 11.6. The number of ketones is 1. The molecule has 0 aliphatic rings. The summed E-state index contributed by atoms with van der Waals surface area (Å²) < 4.78 is 4.28. The lowest BCUT2D eigenvalue weighted by atomic mass is 10.1. The van der Waals surface area contributed by atoms with Gasteiger partial charge in [0.05, 0.1) is 12.0 Å². The highest BCUT2D eigenvalue weighted by atomic mass is 16.6. The van der Waals surface area contributed by atoms with Gasteiger partial charge in [0.1, 0.15) is 5.56 Å². The molecule has 0 aliphatic carbocycles. The molecule has 0 bridgehead atoms. The molecule has 0 unspecified atom stereocenters. The van der Waals surface area contributed by atoms with Crippen molar-refractivity contribution in [2.24, 2.45) is 0 Å². The molecule has 1 rings (SSSR count). The Morgan fingerprint density at radius 3 is 2.61 bits per heavy atom. The molecule has 0 aliphatic heterocycles. The second-order valence-corrected chi connectivity index (χ2v) is 3.15. The molecule has 0 aromatic heterocycles. The number of methoxy groups -OCH3 is 1. The van der Waals surface area contributed by atoms with Gasteiger partial charge in [0.25, 0.3) is 0 Å². The van der Waals surface area contributed by atoms with Gasteiger partial charge in [0.15, 0.2) is 11.5 Å². The first-order valence-electron chi connectivity index (χ1n) is 4.74. The zero-order valence-electron chi connectivity index (χ0n) is 9.32. The highest BCUT2D eigenvalue weighted by Gasteiger charge is 2.22. The van der Waals surface area contributed by atoms with Crippen LogP contribution in [-0.2, 0) is 9.53 Å². The lowest BCUT2D eigenvalue weighted by molar-refractivity contribution is -0.386. The van der Waals surface area contributed by atoms with Gasteiger partial charge in [0.2, 0.25) is 0 Å². The first kappa shape index (κ1) is 13.4. The molecule has 94 valence electrons. The average Bonchev–Trinajstić information content (AvgIpc) is 2.34. The number of hydrogen-bond acceptors (Lipinski definition) is 6. The van der Waals surface area contributed by atoms with Crippen LogP contribution >= 0.6 is 0 Å². The summed E-state index contributed by atoms with van der Waals surface area (Å²) in [5.41, 5.74) is -1.00. The van der Waals surface area contributed by atoms with Crippen LogP contribution in [0.5, 0.6) is 5.75 Å². The van der Waals surface area contributed by atoms with Crippen LogP contribution < -0.4 is 0 Å². The standard InChI is InChI=1S/C11H9NO6/c1-18-10(15)6-5-8(13)7-3-2-4-9(14)11(7)12(16)17/h2-6,14H,1H3. The van der Waals surface area contributed by atoms with Crippen molar-refractivity contribution in [3.8, 4) is 5.75 Å². The van der Waals surface area contributed by atoms with Gasteiger partial charge in [0, 0.05) is 6.08 Å². The van der Waals surface area contributed by atoms with Gasteiger partial charge in [-0.3, -0.25) is 14.9 Å². The van der Waals surface area contributed by atoms with E-state index in [0.717, 1.165) is 25.3 Å². The zero-order valence-corrected chi connectivity index (χ0v) is 9.32. The molecule has 0 saturated carbocycles.